The fraction of sp³-hybridized carbons (Fsp3) is 0.214. The highest BCUT2D eigenvalue weighted by atomic mass is 19.4. The lowest BCUT2D eigenvalue weighted by Gasteiger charge is -2.12. The number of anilines is 1. The zero-order chi connectivity index (χ0) is 14.6. The second-order valence-corrected chi connectivity index (χ2v) is 4.20. The Morgan fingerprint density at radius 2 is 1.80 bits per heavy atom. The number of aromatic nitrogens is 1. The minimum absolute atomic E-state index is 0.0189. The number of nitrogens with zero attached hydrogens (tertiary/aromatic N) is 1. The van der Waals surface area contributed by atoms with E-state index < -0.39 is 11.7 Å². The van der Waals surface area contributed by atoms with Crippen LogP contribution in [0.2, 0.25) is 0 Å². The molecule has 0 atom stereocenters. The Bertz CT molecular complexity index is 570. The van der Waals surface area contributed by atoms with Gasteiger partial charge in [-0.15, -0.1) is 0 Å². The zero-order valence-corrected chi connectivity index (χ0v) is 10.5. The maximum atomic E-state index is 12.5. The molecule has 3 nitrogen and oxygen atoms in total. The molecule has 2 aromatic rings. The molecular formula is C14H13F3N2O. The second kappa shape index (κ2) is 5.81. The molecule has 0 amide bonds. The van der Waals surface area contributed by atoms with Crippen molar-refractivity contribution in [2.45, 2.75) is 12.6 Å². The van der Waals surface area contributed by atoms with Crippen LogP contribution >= 0.6 is 0 Å². The van der Waals surface area contributed by atoms with Crippen LogP contribution in [0, 0.1) is 0 Å². The smallest absolute Gasteiger partial charge is 0.416 e. The number of nitrogens with two attached hydrogens (primary N) is 1. The van der Waals surface area contributed by atoms with E-state index in [1.54, 1.807) is 12.4 Å². The van der Waals surface area contributed by atoms with Gasteiger partial charge in [-0.3, -0.25) is 4.98 Å². The number of nitrogen functional groups attached to an aromatic ring is 1. The topological polar surface area (TPSA) is 48.1 Å². The summed E-state index contributed by atoms with van der Waals surface area (Å²) in [6, 6.07) is 6.77. The standard InChI is InChI=1S/C14H13F3N2O/c15-14(16,17)11-1-2-13(12(18)9-11)20-8-5-10-3-6-19-7-4-10/h1-4,6-7,9H,5,8,18H2. The molecule has 1 aromatic heterocycles. The van der Waals surface area contributed by atoms with Gasteiger partial charge in [0, 0.05) is 18.8 Å². The van der Waals surface area contributed by atoms with Crippen LogP contribution in [0.4, 0.5) is 18.9 Å². The number of ether oxygens (including phenoxy) is 1. The number of benzene rings is 1. The van der Waals surface area contributed by atoms with E-state index in [0.717, 1.165) is 17.7 Å². The molecule has 0 aliphatic carbocycles. The van der Waals surface area contributed by atoms with Crippen LogP contribution in [-0.2, 0) is 12.6 Å². The van der Waals surface area contributed by atoms with E-state index in [0.29, 0.717) is 13.0 Å². The molecule has 2 rings (SSSR count). The summed E-state index contributed by atoms with van der Waals surface area (Å²) in [7, 11) is 0. The van der Waals surface area contributed by atoms with Crippen LogP contribution in [0.25, 0.3) is 0 Å². The zero-order valence-electron chi connectivity index (χ0n) is 10.5. The average molecular weight is 282 g/mol. The van der Waals surface area contributed by atoms with E-state index in [1.807, 2.05) is 12.1 Å². The Hall–Kier alpha value is -2.24. The summed E-state index contributed by atoms with van der Waals surface area (Å²) in [6.07, 6.45) is -0.434. The van der Waals surface area contributed by atoms with Crippen molar-refractivity contribution in [1.29, 1.82) is 0 Å². The predicted octanol–water partition coefficient (Wildman–Crippen LogP) is 3.30. The van der Waals surface area contributed by atoms with Crippen molar-refractivity contribution in [3.8, 4) is 5.75 Å². The molecule has 0 spiro atoms. The summed E-state index contributed by atoms with van der Waals surface area (Å²) in [5, 5.41) is 0. The third kappa shape index (κ3) is 3.63. The van der Waals surface area contributed by atoms with Crippen LogP contribution in [0.5, 0.6) is 5.75 Å². The van der Waals surface area contributed by atoms with Gasteiger partial charge >= 0.3 is 6.18 Å². The maximum absolute atomic E-state index is 12.5. The number of hydrogen-bond donors (Lipinski definition) is 1. The number of alkyl halides is 3. The molecule has 0 aliphatic heterocycles. The first-order valence-electron chi connectivity index (χ1n) is 5.95. The summed E-state index contributed by atoms with van der Waals surface area (Å²) in [5.74, 6) is 0.257. The minimum Gasteiger partial charge on any atom is -0.491 e. The Morgan fingerprint density at radius 3 is 2.40 bits per heavy atom. The highest BCUT2D eigenvalue weighted by Gasteiger charge is 2.30. The van der Waals surface area contributed by atoms with Crippen molar-refractivity contribution in [1.82, 2.24) is 4.98 Å². The number of hydrogen-bond acceptors (Lipinski definition) is 3. The van der Waals surface area contributed by atoms with Crippen molar-refractivity contribution < 1.29 is 17.9 Å². The van der Waals surface area contributed by atoms with E-state index in [9.17, 15) is 13.2 Å². The highest BCUT2D eigenvalue weighted by Crippen LogP contribution is 2.33. The number of halogens is 3. The van der Waals surface area contributed by atoms with Gasteiger partial charge in [-0.2, -0.15) is 13.2 Å². The van der Waals surface area contributed by atoms with Crippen LogP contribution < -0.4 is 10.5 Å². The average Bonchev–Trinajstić information content (AvgIpc) is 2.40. The number of pyridine rings is 1. The first kappa shape index (κ1) is 14.2. The third-order valence-corrected chi connectivity index (χ3v) is 2.73. The van der Waals surface area contributed by atoms with Crippen LogP contribution in [0.1, 0.15) is 11.1 Å². The van der Waals surface area contributed by atoms with E-state index in [4.69, 9.17) is 10.5 Å². The molecule has 6 heteroatoms. The third-order valence-electron chi connectivity index (χ3n) is 2.73. The van der Waals surface area contributed by atoms with Gasteiger partial charge < -0.3 is 10.5 Å². The fourth-order valence-electron chi connectivity index (χ4n) is 1.68. The molecule has 0 radical (unpaired) electrons. The summed E-state index contributed by atoms with van der Waals surface area (Å²) < 4.78 is 42.8. The molecule has 20 heavy (non-hydrogen) atoms. The molecule has 0 fully saturated rings. The number of rotatable bonds is 4. The fourth-order valence-corrected chi connectivity index (χ4v) is 1.68. The van der Waals surface area contributed by atoms with Gasteiger partial charge in [0.25, 0.3) is 0 Å². The van der Waals surface area contributed by atoms with Gasteiger partial charge in [-0.1, -0.05) is 0 Å². The molecular weight excluding hydrogens is 269 g/mol. The lowest BCUT2D eigenvalue weighted by molar-refractivity contribution is -0.137. The lowest BCUT2D eigenvalue weighted by atomic mass is 10.2. The van der Waals surface area contributed by atoms with Gasteiger partial charge in [0.1, 0.15) is 5.75 Å². The summed E-state index contributed by atoms with van der Waals surface area (Å²) in [5.41, 5.74) is 5.80. The molecule has 0 bridgehead atoms. The van der Waals surface area contributed by atoms with Gasteiger partial charge in [0.15, 0.2) is 0 Å². The van der Waals surface area contributed by atoms with Crippen molar-refractivity contribution >= 4 is 5.69 Å². The van der Waals surface area contributed by atoms with E-state index in [-0.39, 0.29) is 11.4 Å². The largest absolute Gasteiger partial charge is 0.491 e. The monoisotopic (exact) mass is 282 g/mol. The van der Waals surface area contributed by atoms with Crippen molar-refractivity contribution in [3.63, 3.8) is 0 Å². The quantitative estimate of drug-likeness (QED) is 0.875. The molecule has 0 unspecified atom stereocenters. The molecule has 0 saturated carbocycles. The molecule has 106 valence electrons. The van der Waals surface area contributed by atoms with Crippen LogP contribution in [0.3, 0.4) is 0 Å². The molecule has 2 N–H and O–H groups in total. The Labute approximate surface area is 114 Å². The first-order chi connectivity index (χ1) is 9.47. The van der Waals surface area contributed by atoms with E-state index in [2.05, 4.69) is 4.98 Å². The maximum Gasteiger partial charge on any atom is 0.416 e. The molecule has 1 aromatic carbocycles. The Balaban J connectivity index is 1.97. The van der Waals surface area contributed by atoms with Crippen molar-refractivity contribution in [3.05, 3.63) is 53.9 Å². The van der Waals surface area contributed by atoms with Gasteiger partial charge in [0.2, 0.25) is 0 Å². The summed E-state index contributed by atoms with van der Waals surface area (Å²) in [4.78, 5) is 3.89. The van der Waals surface area contributed by atoms with Crippen LogP contribution in [0.15, 0.2) is 42.7 Å². The normalized spacial score (nSPS) is 11.3. The van der Waals surface area contributed by atoms with Crippen molar-refractivity contribution in [2.75, 3.05) is 12.3 Å². The van der Waals surface area contributed by atoms with E-state index in [1.165, 1.54) is 6.07 Å². The Kier molecular flexibility index (Phi) is 4.12. The van der Waals surface area contributed by atoms with Gasteiger partial charge in [-0.05, 0) is 35.9 Å². The van der Waals surface area contributed by atoms with E-state index >= 15 is 0 Å². The Morgan fingerprint density at radius 1 is 1.10 bits per heavy atom. The van der Waals surface area contributed by atoms with Gasteiger partial charge in [-0.25, -0.2) is 0 Å². The second-order valence-electron chi connectivity index (χ2n) is 4.20. The molecule has 0 saturated heterocycles. The lowest BCUT2D eigenvalue weighted by Crippen LogP contribution is -2.08. The minimum atomic E-state index is -4.40. The first-order valence-corrected chi connectivity index (χ1v) is 5.95. The van der Waals surface area contributed by atoms with Gasteiger partial charge in [0.05, 0.1) is 17.9 Å². The van der Waals surface area contributed by atoms with Crippen molar-refractivity contribution in [2.24, 2.45) is 0 Å². The molecule has 0 aliphatic rings. The molecule has 1 heterocycles. The predicted molar refractivity (Wildman–Crippen MR) is 69.3 cm³/mol. The highest BCUT2D eigenvalue weighted by molar-refractivity contribution is 5.54. The SMILES string of the molecule is Nc1cc(C(F)(F)F)ccc1OCCc1ccncc1. The van der Waals surface area contributed by atoms with Crippen LogP contribution in [-0.4, -0.2) is 11.6 Å². The summed E-state index contributed by atoms with van der Waals surface area (Å²) >= 11 is 0. The summed E-state index contributed by atoms with van der Waals surface area (Å²) in [6.45, 7) is 0.333.